The molecule has 0 aromatic heterocycles. The van der Waals surface area contributed by atoms with Gasteiger partial charge in [-0.05, 0) is 27.0 Å². The van der Waals surface area contributed by atoms with Crippen molar-refractivity contribution in [2.75, 3.05) is 13.3 Å². The van der Waals surface area contributed by atoms with Crippen LogP contribution in [0.2, 0.25) is 0 Å². The number of carbonyl (C=O) groups excluding carboxylic acids is 1. The van der Waals surface area contributed by atoms with Gasteiger partial charge in [-0.25, -0.2) is 0 Å². The van der Waals surface area contributed by atoms with E-state index >= 15 is 0 Å². The Morgan fingerprint density at radius 1 is 1.31 bits per heavy atom. The Balaban J connectivity index is 4.63. The smallest absolute Gasteiger partial charge is 0.253 e. The van der Waals surface area contributed by atoms with Gasteiger partial charge in [-0.1, -0.05) is 12.2 Å². The van der Waals surface area contributed by atoms with Crippen LogP contribution in [0.15, 0.2) is 22.8 Å². The topological polar surface area (TPSA) is 20.3 Å². The highest BCUT2D eigenvalue weighted by Crippen LogP contribution is 2.16. The number of thioether (sulfide) groups is 1. The Hall–Kier alpha value is -0.700. The summed E-state index contributed by atoms with van der Waals surface area (Å²) in [5.41, 5.74) is 1.84. The first kappa shape index (κ1) is 12.3. The molecule has 3 heteroatoms. The van der Waals surface area contributed by atoms with E-state index in [9.17, 15) is 4.79 Å². The van der Waals surface area contributed by atoms with E-state index in [2.05, 4.69) is 6.58 Å². The van der Waals surface area contributed by atoms with Crippen molar-refractivity contribution in [1.29, 1.82) is 0 Å². The summed E-state index contributed by atoms with van der Waals surface area (Å²) in [5.74, 6) is 0.0272. The summed E-state index contributed by atoms with van der Waals surface area (Å²) < 4.78 is 0. The fraction of sp³-hybridized carbons (Fsp3) is 0.500. The van der Waals surface area contributed by atoms with Gasteiger partial charge in [-0.3, -0.25) is 4.79 Å². The van der Waals surface area contributed by atoms with Crippen molar-refractivity contribution in [2.45, 2.75) is 20.8 Å². The minimum Gasteiger partial charge on any atom is -0.307 e. The van der Waals surface area contributed by atoms with Crippen molar-refractivity contribution in [1.82, 2.24) is 4.90 Å². The highest BCUT2D eigenvalue weighted by molar-refractivity contribution is 8.02. The maximum Gasteiger partial charge on any atom is 0.253 e. The highest BCUT2D eigenvalue weighted by atomic mass is 32.2. The second-order valence-electron chi connectivity index (χ2n) is 3.09. The van der Waals surface area contributed by atoms with Gasteiger partial charge >= 0.3 is 0 Å². The lowest BCUT2D eigenvalue weighted by Crippen LogP contribution is -2.25. The summed E-state index contributed by atoms with van der Waals surface area (Å²) in [6.07, 6.45) is 1.91. The number of carbonyl (C=O) groups is 1. The third-order valence-corrected chi connectivity index (χ3v) is 2.73. The van der Waals surface area contributed by atoms with E-state index in [-0.39, 0.29) is 5.91 Å². The summed E-state index contributed by atoms with van der Waals surface area (Å²) in [4.78, 5) is 13.3. The van der Waals surface area contributed by atoms with E-state index in [0.29, 0.717) is 0 Å². The number of likely N-dealkylation sites (N-methyl/N-ethyl adjacent to an activating group) is 1. The lowest BCUT2D eigenvalue weighted by molar-refractivity contribution is -0.123. The second kappa shape index (κ2) is 5.12. The van der Waals surface area contributed by atoms with Gasteiger partial charge in [0.1, 0.15) is 0 Å². The molecule has 0 aliphatic heterocycles. The summed E-state index contributed by atoms with van der Waals surface area (Å²) >= 11 is 1.48. The Morgan fingerprint density at radius 2 is 1.77 bits per heavy atom. The van der Waals surface area contributed by atoms with Gasteiger partial charge in [-0.2, -0.15) is 0 Å². The van der Waals surface area contributed by atoms with Crippen molar-refractivity contribution in [2.24, 2.45) is 0 Å². The van der Waals surface area contributed by atoms with Gasteiger partial charge in [-0.15, -0.1) is 11.8 Å². The molecule has 0 aliphatic rings. The van der Waals surface area contributed by atoms with Gasteiger partial charge < -0.3 is 4.90 Å². The quantitative estimate of drug-likeness (QED) is 0.651. The highest BCUT2D eigenvalue weighted by Gasteiger charge is 2.13. The van der Waals surface area contributed by atoms with Crippen LogP contribution in [-0.4, -0.2) is 24.1 Å². The van der Waals surface area contributed by atoms with Crippen LogP contribution in [0, 0.1) is 0 Å². The molecule has 74 valence electrons. The van der Waals surface area contributed by atoms with Crippen molar-refractivity contribution >= 4 is 17.7 Å². The predicted molar refractivity (Wildman–Crippen MR) is 59.5 cm³/mol. The number of allylic oxidation sites excluding steroid dienone is 1. The third kappa shape index (κ3) is 3.27. The van der Waals surface area contributed by atoms with Crippen molar-refractivity contribution in [3.05, 3.63) is 22.8 Å². The van der Waals surface area contributed by atoms with E-state index in [1.165, 1.54) is 11.8 Å². The zero-order valence-corrected chi connectivity index (χ0v) is 9.79. The lowest BCUT2D eigenvalue weighted by atomic mass is 10.1. The summed E-state index contributed by atoms with van der Waals surface area (Å²) in [5, 5.41) is 0.769. The molecule has 0 saturated heterocycles. The normalized spacial score (nSPS) is 9.31. The average Bonchev–Trinajstić information content (AvgIpc) is 2.12. The molecule has 0 aromatic rings. The van der Waals surface area contributed by atoms with Gasteiger partial charge in [0, 0.05) is 12.6 Å². The zero-order chi connectivity index (χ0) is 10.6. The number of rotatable bonds is 3. The van der Waals surface area contributed by atoms with Crippen molar-refractivity contribution in [3.63, 3.8) is 0 Å². The molecule has 0 N–H and O–H groups in total. The molecule has 0 aromatic carbocycles. The maximum absolute atomic E-state index is 11.7. The fourth-order valence-electron chi connectivity index (χ4n) is 0.716. The number of amides is 1. The summed E-state index contributed by atoms with van der Waals surface area (Å²) in [7, 11) is 1.74. The average molecular weight is 199 g/mol. The molecule has 1 amide bonds. The molecule has 0 atom stereocenters. The molecule has 0 rings (SSSR count). The second-order valence-corrected chi connectivity index (χ2v) is 3.97. The largest absolute Gasteiger partial charge is 0.307 e. The van der Waals surface area contributed by atoms with Crippen LogP contribution in [0.4, 0.5) is 0 Å². The predicted octanol–water partition coefficient (Wildman–Crippen LogP) is 2.64. The molecule has 0 bridgehead atoms. The van der Waals surface area contributed by atoms with E-state index in [4.69, 9.17) is 0 Å². The Bertz CT molecular complexity index is 252. The van der Waals surface area contributed by atoms with Crippen LogP contribution in [0.5, 0.6) is 0 Å². The van der Waals surface area contributed by atoms with E-state index in [1.807, 2.05) is 27.0 Å². The van der Waals surface area contributed by atoms with Gasteiger partial charge in [0.2, 0.25) is 0 Å². The zero-order valence-electron chi connectivity index (χ0n) is 8.97. The van der Waals surface area contributed by atoms with Crippen LogP contribution >= 0.6 is 11.8 Å². The monoisotopic (exact) mass is 199 g/mol. The molecular weight excluding hydrogens is 182 g/mol. The Morgan fingerprint density at radius 3 is 2.08 bits per heavy atom. The van der Waals surface area contributed by atoms with Crippen LogP contribution in [0.1, 0.15) is 20.8 Å². The molecule has 13 heavy (non-hydrogen) atoms. The molecule has 2 nitrogen and oxygen atoms in total. The maximum atomic E-state index is 11.7. The first-order valence-electron chi connectivity index (χ1n) is 4.06. The van der Waals surface area contributed by atoms with Crippen LogP contribution in [0.3, 0.4) is 0 Å². The standard InChI is InChI=1S/C10H17NOS/c1-7(2)8(3)10(12)11(5)9(4)13-6/h4H2,1-3,5-6H3. The minimum atomic E-state index is 0.0272. The van der Waals surface area contributed by atoms with Crippen LogP contribution < -0.4 is 0 Å². The molecule has 0 radical (unpaired) electrons. The number of nitrogens with zero attached hydrogens (tertiary/aromatic N) is 1. The third-order valence-electron chi connectivity index (χ3n) is 1.99. The molecular formula is C10H17NOS. The van der Waals surface area contributed by atoms with Gasteiger partial charge in [0.05, 0.1) is 5.03 Å². The molecule has 0 saturated carbocycles. The lowest BCUT2D eigenvalue weighted by Gasteiger charge is -2.18. The minimum absolute atomic E-state index is 0.0272. The van der Waals surface area contributed by atoms with Gasteiger partial charge in [0.25, 0.3) is 5.91 Å². The van der Waals surface area contributed by atoms with E-state index < -0.39 is 0 Å². The molecule has 0 unspecified atom stereocenters. The first-order chi connectivity index (χ1) is 5.91. The Labute approximate surface area is 84.7 Å². The fourth-order valence-corrected chi connectivity index (χ4v) is 1.07. The van der Waals surface area contributed by atoms with Crippen LogP contribution in [-0.2, 0) is 4.79 Å². The van der Waals surface area contributed by atoms with Crippen molar-refractivity contribution < 1.29 is 4.79 Å². The van der Waals surface area contributed by atoms with Gasteiger partial charge in [0.15, 0.2) is 0 Å². The molecule has 0 heterocycles. The van der Waals surface area contributed by atoms with E-state index in [1.54, 1.807) is 11.9 Å². The SMILES string of the molecule is C=C(SC)N(C)C(=O)C(C)=C(C)C. The molecule has 0 fully saturated rings. The number of hydrogen-bond donors (Lipinski definition) is 0. The van der Waals surface area contributed by atoms with E-state index in [0.717, 1.165) is 16.2 Å². The van der Waals surface area contributed by atoms with Crippen LogP contribution in [0.25, 0.3) is 0 Å². The van der Waals surface area contributed by atoms with Crippen molar-refractivity contribution in [3.8, 4) is 0 Å². The molecule has 0 spiro atoms. The summed E-state index contributed by atoms with van der Waals surface area (Å²) in [6, 6.07) is 0. The molecule has 0 aliphatic carbocycles. The number of hydrogen-bond acceptors (Lipinski definition) is 2. The summed E-state index contributed by atoms with van der Waals surface area (Å²) in [6.45, 7) is 9.48. The Kier molecular flexibility index (Phi) is 4.85. The first-order valence-corrected chi connectivity index (χ1v) is 5.29.